The zero-order chi connectivity index (χ0) is 19.1. The Kier molecular flexibility index (Phi) is 6.87. The predicted molar refractivity (Wildman–Crippen MR) is 107 cm³/mol. The van der Waals surface area contributed by atoms with Crippen molar-refractivity contribution in [2.75, 3.05) is 26.2 Å². The first-order chi connectivity index (χ1) is 13.0. The van der Waals surface area contributed by atoms with E-state index in [2.05, 4.69) is 10.0 Å². The minimum absolute atomic E-state index is 0.0725. The molecule has 1 atom stereocenters. The number of hydrogen-bond donors (Lipinski definition) is 2. The van der Waals surface area contributed by atoms with Crippen molar-refractivity contribution >= 4 is 27.4 Å². The lowest BCUT2D eigenvalue weighted by Gasteiger charge is -2.32. The van der Waals surface area contributed by atoms with E-state index in [4.69, 9.17) is 0 Å². The molecular weight excluding hydrogens is 382 g/mol. The first-order valence-electron chi connectivity index (χ1n) is 9.14. The molecule has 6 nitrogen and oxygen atoms in total. The highest BCUT2D eigenvalue weighted by molar-refractivity contribution is 7.91. The number of benzene rings is 1. The fraction of sp³-hybridized carbons (Fsp3) is 0.421. The molecule has 2 N–H and O–H groups in total. The molecule has 3 rings (SSSR count). The van der Waals surface area contributed by atoms with Crippen LogP contribution in [0.2, 0.25) is 0 Å². The maximum Gasteiger partial charge on any atom is 0.317 e. The zero-order valence-electron chi connectivity index (χ0n) is 15.1. The van der Waals surface area contributed by atoms with Gasteiger partial charge in [0.15, 0.2) is 0 Å². The summed E-state index contributed by atoms with van der Waals surface area (Å²) in [4.78, 5) is 14.2. The summed E-state index contributed by atoms with van der Waals surface area (Å²) >= 11 is 1.20. The van der Waals surface area contributed by atoms with Crippen molar-refractivity contribution in [2.45, 2.75) is 23.5 Å². The SMILES string of the molecule is O=C(NCCc1ccccc1)N1CCC[C@H](CNS(=O)(=O)c2cccs2)C1. The molecule has 2 amide bonds. The minimum atomic E-state index is -3.45. The van der Waals surface area contributed by atoms with E-state index in [9.17, 15) is 13.2 Å². The lowest BCUT2D eigenvalue weighted by Crippen LogP contribution is -2.48. The molecule has 1 aliphatic rings. The summed E-state index contributed by atoms with van der Waals surface area (Å²) in [5.41, 5.74) is 1.19. The number of carbonyl (C=O) groups excluding carboxylic acids is 1. The first-order valence-corrected chi connectivity index (χ1v) is 11.5. The van der Waals surface area contributed by atoms with Crippen LogP contribution >= 0.6 is 11.3 Å². The molecule has 27 heavy (non-hydrogen) atoms. The van der Waals surface area contributed by atoms with Crippen LogP contribution in [0.5, 0.6) is 0 Å². The Morgan fingerprint density at radius 2 is 2.00 bits per heavy atom. The average Bonchev–Trinajstić information content (AvgIpc) is 3.23. The molecule has 0 unspecified atom stereocenters. The highest BCUT2D eigenvalue weighted by atomic mass is 32.2. The second-order valence-corrected chi connectivity index (χ2v) is 9.65. The first kappa shape index (κ1) is 19.9. The van der Waals surface area contributed by atoms with E-state index in [0.717, 1.165) is 19.3 Å². The number of nitrogens with one attached hydrogen (secondary N) is 2. The molecule has 1 aromatic heterocycles. The standard InChI is InChI=1S/C19H25N3O3S2/c23-19(20-11-10-16-6-2-1-3-7-16)22-12-4-8-17(15-22)14-21-27(24,25)18-9-5-13-26-18/h1-3,5-7,9,13,17,21H,4,8,10-12,14-15H2,(H,20,23)/t17-/m1/s1. The van der Waals surface area contributed by atoms with Crippen LogP contribution in [0.4, 0.5) is 4.79 Å². The number of piperidine rings is 1. The van der Waals surface area contributed by atoms with Gasteiger partial charge in [-0.3, -0.25) is 0 Å². The van der Waals surface area contributed by atoms with Gasteiger partial charge in [0.25, 0.3) is 0 Å². The van der Waals surface area contributed by atoms with Crippen LogP contribution in [0.3, 0.4) is 0 Å². The van der Waals surface area contributed by atoms with Gasteiger partial charge in [0.2, 0.25) is 10.0 Å². The molecule has 1 saturated heterocycles. The fourth-order valence-corrected chi connectivity index (χ4v) is 5.36. The van der Waals surface area contributed by atoms with Crippen molar-refractivity contribution in [1.29, 1.82) is 0 Å². The van der Waals surface area contributed by atoms with E-state index < -0.39 is 10.0 Å². The summed E-state index contributed by atoms with van der Waals surface area (Å²) in [6, 6.07) is 13.3. The van der Waals surface area contributed by atoms with Crippen molar-refractivity contribution in [2.24, 2.45) is 5.92 Å². The third-order valence-electron chi connectivity index (χ3n) is 4.66. The minimum Gasteiger partial charge on any atom is -0.338 e. The van der Waals surface area contributed by atoms with Crippen LogP contribution in [0, 0.1) is 5.92 Å². The van der Waals surface area contributed by atoms with Crippen molar-refractivity contribution in [1.82, 2.24) is 14.9 Å². The average molecular weight is 408 g/mol. The maximum absolute atomic E-state index is 12.4. The van der Waals surface area contributed by atoms with E-state index in [1.54, 1.807) is 22.4 Å². The third-order valence-corrected chi connectivity index (χ3v) is 7.48. The molecule has 0 aliphatic carbocycles. The van der Waals surface area contributed by atoms with Gasteiger partial charge >= 0.3 is 6.03 Å². The van der Waals surface area contributed by atoms with Crippen LogP contribution in [-0.4, -0.2) is 45.5 Å². The Balaban J connectivity index is 1.44. The number of hydrogen-bond acceptors (Lipinski definition) is 4. The molecule has 1 aromatic carbocycles. The molecule has 2 aromatic rings. The van der Waals surface area contributed by atoms with Gasteiger partial charge in [-0.05, 0) is 42.2 Å². The van der Waals surface area contributed by atoms with E-state index in [0.29, 0.717) is 30.4 Å². The maximum atomic E-state index is 12.4. The molecule has 8 heteroatoms. The molecule has 1 fully saturated rings. The van der Waals surface area contributed by atoms with E-state index in [-0.39, 0.29) is 11.9 Å². The smallest absolute Gasteiger partial charge is 0.317 e. The molecule has 0 bridgehead atoms. The van der Waals surface area contributed by atoms with Crippen molar-refractivity contribution in [3.63, 3.8) is 0 Å². The van der Waals surface area contributed by atoms with Crippen LogP contribution in [0.1, 0.15) is 18.4 Å². The lowest BCUT2D eigenvalue weighted by atomic mass is 9.99. The van der Waals surface area contributed by atoms with Crippen molar-refractivity contribution in [3.8, 4) is 0 Å². The molecular formula is C19H25N3O3S2. The summed E-state index contributed by atoms with van der Waals surface area (Å²) in [5.74, 6) is 0.133. The summed E-state index contributed by atoms with van der Waals surface area (Å²) in [6.45, 7) is 2.23. The van der Waals surface area contributed by atoms with Gasteiger partial charge in [-0.25, -0.2) is 17.9 Å². The van der Waals surface area contributed by atoms with Crippen molar-refractivity contribution < 1.29 is 13.2 Å². The molecule has 2 heterocycles. The van der Waals surface area contributed by atoms with Gasteiger partial charge < -0.3 is 10.2 Å². The lowest BCUT2D eigenvalue weighted by molar-refractivity contribution is 0.166. The fourth-order valence-electron chi connectivity index (χ4n) is 3.20. The molecule has 1 aliphatic heterocycles. The highest BCUT2D eigenvalue weighted by Crippen LogP contribution is 2.19. The third kappa shape index (κ3) is 5.79. The quantitative estimate of drug-likeness (QED) is 0.741. The van der Waals surface area contributed by atoms with Gasteiger partial charge in [0, 0.05) is 26.2 Å². The molecule has 146 valence electrons. The summed E-state index contributed by atoms with van der Waals surface area (Å²) in [7, 11) is -3.45. The number of sulfonamides is 1. The van der Waals surface area contributed by atoms with Crippen LogP contribution in [0.15, 0.2) is 52.1 Å². The van der Waals surface area contributed by atoms with Crippen LogP contribution in [-0.2, 0) is 16.4 Å². The molecule has 0 spiro atoms. The topological polar surface area (TPSA) is 78.5 Å². The molecule has 0 saturated carbocycles. The number of urea groups is 1. The van der Waals surface area contributed by atoms with Crippen LogP contribution in [0.25, 0.3) is 0 Å². The van der Waals surface area contributed by atoms with E-state index in [1.165, 1.54) is 16.9 Å². The number of nitrogens with zero attached hydrogens (tertiary/aromatic N) is 1. The number of thiophene rings is 1. The van der Waals surface area contributed by atoms with E-state index in [1.807, 2.05) is 30.3 Å². The highest BCUT2D eigenvalue weighted by Gasteiger charge is 2.25. The summed E-state index contributed by atoms with van der Waals surface area (Å²) in [6.07, 6.45) is 2.60. The Hall–Kier alpha value is -1.90. The van der Waals surface area contributed by atoms with Gasteiger partial charge in [0.05, 0.1) is 0 Å². The predicted octanol–water partition coefficient (Wildman–Crippen LogP) is 2.69. The Morgan fingerprint density at radius 1 is 1.19 bits per heavy atom. The number of likely N-dealkylation sites (tertiary alicyclic amines) is 1. The number of carbonyl (C=O) groups is 1. The Labute approximate surface area is 164 Å². The monoisotopic (exact) mass is 407 g/mol. The van der Waals surface area contributed by atoms with Gasteiger partial charge in [0.1, 0.15) is 4.21 Å². The van der Waals surface area contributed by atoms with Crippen molar-refractivity contribution in [3.05, 3.63) is 53.4 Å². The van der Waals surface area contributed by atoms with Crippen LogP contribution < -0.4 is 10.0 Å². The normalized spacial score (nSPS) is 17.6. The number of amides is 2. The second-order valence-electron chi connectivity index (χ2n) is 6.71. The largest absolute Gasteiger partial charge is 0.338 e. The summed E-state index contributed by atoms with van der Waals surface area (Å²) < 4.78 is 27.5. The zero-order valence-corrected chi connectivity index (χ0v) is 16.8. The Bertz CT molecular complexity index is 823. The van der Waals surface area contributed by atoms with Gasteiger partial charge in [-0.2, -0.15) is 0 Å². The number of rotatable bonds is 7. The Morgan fingerprint density at radius 3 is 2.74 bits per heavy atom. The summed E-state index contributed by atoms with van der Waals surface area (Å²) in [5, 5.41) is 4.71. The second kappa shape index (κ2) is 9.34. The van der Waals surface area contributed by atoms with E-state index >= 15 is 0 Å². The molecule has 0 radical (unpaired) electrons. The van der Waals surface area contributed by atoms with Gasteiger partial charge in [-0.15, -0.1) is 11.3 Å². The van der Waals surface area contributed by atoms with Gasteiger partial charge in [-0.1, -0.05) is 36.4 Å².